The molecule has 0 aliphatic heterocycles. The lowest BCUT2D eigenvalue weighted by Gasteiger charge is -2.15. The molecule has 0 amide bonds. The molecule has 2 aromatic heterocycles. The van der Waals surface area contributed by atoms with E-state index in [1.54, 1.807) is 31.6 Å². The Bertz CT molecular complexity index is 926. The van der Waals surface area contributed by atoms with Gasteiger partial charge in [-0.3, -0.25) is 14.3 Å². The molecule has 0 bridgehead atoms. The zero-order valence-corrected chi connectivity index (χ0v) is 16.2. The van der Waals surface area contributed by atoms with Crippen molar-refractivity contribution in [2.75, 3.05) is 11.9 Å². The molecule has 0 aliphatic rings. The lowest BCUT2D eigenvalue weighted by Crippen LogP contribution is -2.23. The first-order valence-electron chi connectivity index (χ1n) is 8.43. The Balaban J connectivity index is 2.68. The monoisotopic (exact) mass is 370 g/mol. The van der Waals surface area contributed by atoms with Gasteiger partial charge in [-0.15, -0.1) is 0 Å². The van der Waals surface area contributed by atoms with Crippen LogP contribution in [0.4, 0.5) is 5.69 Å². The summed E-state index contributed by atoms with van der Waals surface area (Å²) in [5.74, 6) is 0. The molecule has 1 N–H and O–H groups in total. The fraction of sp³-hybridized carbons (Fsp3) is 0.250. The van der Waals surface area contributed by atoms with E-state index in [0.29, 0.717) is 17.0 Å². The van der Waals surface area contributed by atoms with Crippen molar-refractivity contribution in [2.24, 2.45) is 0 Å². The number of rotatable bonds is 6. The van der Waals surface area contributed by atoms with E-state index < -0.39 is 0 Å². The van der Waals surface area contributed by atoms with Crippen LogP contribution in [-0.4, -0.2) is 21.1 Å². The number of nitrogens with one attached hydrogen (secondary N) is 1. The molecule has 2 rings (SSSR count). The van der Waals surface area contributed by atoms with Crippen LogP contribution in [0.2, 0.25) is 0 Å². The minimum absolute atomic E-state index is 0.131. The second-order valence-corrected chi connectivity index (χ2v) is 5.90. The van der Waals surface area contributed by atoms with Crippen molar-refractivity contribution in [1.29, 1.82) is 0 Å². The van der Waals surface area contributed by atoms with Gasteiger partial charge in [0.25, 0.3) is 5.56 Å². The number of halogens is 1. The number of hydrogen-bond acceptors (Lipinski definition) is 4. The molecular weight excluding hydrogens is 348 g/mol. The van der Waals surface area contributed by atoms with E-state index in [9.17, 15) is 4.79 Å². The van der Waals surface area contributed by atoms with Crippen molar-refractivity contribution in [3.8, 4) is 11.3 Å². The van der Waals surface area contributed by atoms with Crippen LogP contribution < -0.4 is 10.9 Å². The highest BCUT2D eigenvalue weighted by Crippen LogP contribution is 2.29. The van der Waals surface area contributed by atoms with Gasteiger partial charge >= 0.3 is 0 Å². The fourth-order valence-electron chi connectivity index (χ4n) is 2.71. The standard InChI is InChI=1S/C20H23ClN4O/c1-5-8-16(9-7-11-21)25-13-24-19(14(3)20(25)26)18-15(4)23-12-10-17(18)22-6-2/h5,7-13H,6H2,1-4H3,(H,22,23)/b8-5-,11-7+,16-9+. The zero-order valence-electron chi connectivity index (χ0n) is 15.5. The van der Waals surface area contributed by atoms with Crippen molar-refractivity contribution in [3.05, 3.63) is 70.0 Å². The molecule has 0 unspecified atom stereocenters. The molecule has 136 valence electrons. The quantitative estimate of drug-likeness (QED) is 0.759. The molecule has 0 spiro atoms. The van der Waals surface area contributed by atoms with E-state index in [0.717, 1.165) is 23.5 Å². The summed E-state index contributed by atoms with van der Waals surface area (Å²) >= 11 is 5.61. The van der Waals surface area contributed by atoms with Crippen molar-refractivity contribution in [3.63, 3.8) is 0 Å². The van der Waals surface area contributed by atoms with Gasteiger partial charge < -0.3 is 5.32 Å². The van der Waals surface area contributed by atoms with Gasteiger partial charge in [0, 0.05) is 46.5 Å². The van der Waals surface area contributed by atoms with Gasteiger partial charge in [-0.25, -0.2) is 4.98 Å². The van der Waals surface area contributed by atoms with Gasteiger partial charge in [0.1, 0.15) is 6.33 Å². The van der Waals surface area contributed by atoms with Gasteiger partial charge in [-0.05, 0) is 52.0 Å². The molecule has 0 aromatic carbocycles. The summed E-state index contributed by atoms with van der Waals surface area (Å²) in [7, 11) is 0. The van der Waals surface area contributed by atoms with E-state index in [1.165, 1.54) is 10.1 Å². The van der Waals surface area contributed by atoms with Gasteiger partial charge in [0.15, 0.2) is 0 Å². The average molecular weight is 371 g/mol. The molecule has 0 atom stereocenters. The Kier molecular flexibility index (Phi) is 6.92. The Morgan fingerprint density at radius 3 is 2.77 bits per heavy atom. The fourth-order valence-corrected chi connectivity index (χ4v) is 2.78. The summed E-state index contributed by atoms with van der Waals surface area (Å²) in [5, 5.41) is 3.31. The maximum absolute atomic E-state index is 13.0. The van der Waals surface area contributed by atoms with Crippen LogP contribution >= 0.6 is 11.6 Å². The summed E-state index contributed by atoms with van der Waals surface area (Å²) in [4.78, 5) is 21.9. The van der Waals surface area contributed by atoms with E-state index >= 15 is 0 Å². The lowest BCUT2D eigenvalue weighted by molar-refractivity contribution is 0.944. The second-order valence-electron chi connectivity index (χ2n) is 5.65. The topological polar surface area (TPSA) is 59.8 Å². The first-order chi connectivity index (χ1) is 12.5. The van der Waals surface area contributed by atoms with Crippen molar-refractivity contribution in [1.82, 2.24) is 14.5 Å². The molecule has 0 radical (unpaired) electrons. The predicted octanol–water partition coefficient (Wildman–Crippen LogP) is 4.52. The molecule has 2 aromatic rings. The molecule has 0 fully saturated rings. The lowest BCUT2D eigenvalue weighted by atomic mass is 10.0. The van der Waals surface area contributed by atoms with Crippen LogP contribution in [0.25, 0.3) is 17.0 Å². The summed E-state index contributed by atoms with van der Waals surface area (Å²) in [5.41, 5.74) is 5.75. The van der Waals surface area contributed by atoms with Crippen molar-refractivity contribution in [2.45, 2.75) is 27.7 Å². The number of aromatic nitrogens is 3. The highest BCUT2D eigenvalue weighted by atomic mass is 35.5. The van der Waals surface area contributed by atoms with Crippen LogP contribution in [0.15, 0.2) is 53.2 Å². The second kappa shape index (κ2) is 9.15. The summed E-state index contributed by atoms with van der Waals surface area (Å²) in [6.45, 7) is 8.38. The van der Waals surface area contributed by atoms with Crippen LogP contribution in [0.5, 0.6) is 0 Å². The molecule has 6 heteroatoms. The Morgan fingerprint density at radius 1 is 1.35 bits per heavy atom. The normalized spacial score (nSPS) is 12.3. The minimum Gasteiger partial charge on any atom is -0.385 e. The Labute approximate surface area is 158 Å². The maximum atomic E-state index is 13.0. The predicted molar refractivity (Wildman–Crippen MR) is 109 cm³/mol. The van der Waals surface area contributed by atoms with E-state index in [-0.39, 0.29) is 5.56 Å². The van der Waals surface area contributed by atoms with E-state index in [2.05, 4.69) is 15.3 Å². The number of pyridine rings is 1. The highest BCUT2D eigenvalue weighted by molar-refractivity contribution is 6.25. The van der Waals surface area contributed by atoms with Gasteiger partial charge in [0.2, 0.25) is 0 Å². The Morgan fingerprint density at radius 2 is 2.12 bits per heavy atom. The number of anilines is 1. The van der Waals surface area contributed by atoms with Crippen molar-refractivity contribution < 1.29 is 0 Å². The van der Waals surface area contributed by atoms with Crippen LogP contribution in [0.3, 0.4) is 0 Å². The third kappa shape index (κ3) is 4.11. The molecule has 0 aliphatic carbocycles. The minimum atomic E-state index is -0.131. The smallest absolute Gasteiger partial charge is 0.261 e. The SMILES string of the molecule is C\C=C/C(=C\C=C\Cl)n1cnc(-c2c(NCC)ccnc2C)c(C)c1=O. The third-order valence-electron chi connectivity index (χ3n) is 3.90. The van der Waals surface area contributed by atoms with Crippen molar-refractivity contribution >= 4 is 23.0 Å². The summed E-state index contributed by atoms with van der Waals surface area (Å²) < 4.78 is 1.51. The molecular formula is C20H23ClN4O. The Hall–Kier alpha value is -2.66. The van der Waals surface area contributed by atoms with E-state index in [1.807, 2.05) is 39.0 Å². The summed E-state index contributed by atoms with van der Waals surface area (Å²) in [6.07, 6.45) is 10.4. The number of aryl methyl sites for hydroxylation is 1. The molecule has 0 saturated carbocycles. The van der Waals surface area contributed by atoms with Gasteiger partial charge in [0.05, 0.1) is 5.69 Å². The van der Waals surface area contributed by atoms with Gasteiger partial charge in [-0.2, -0.15) is 0 Å². The van der Waals surface area contributed by atoms with Gasteiger partial charge in [-0.1, -0.05) is 17.7 Å². The van der Waals surface area contributed by atoms with Crippen LogP contribution in [0, 0.1) is 13.8 Å². The molecule has 5 nitrogen and oxygen atoms in total. The summed E-state index contributed by atoms with van der Waals surface area (Å²) in [6, 6.07) is 1.90. The number of allylic oxidation sites excluding steroid dienone is 5. The number of hydrogen-bond donors (Lipinski definition) is 1. The zero-order chi connectivity index (χ0) is 19.1. The van der Waals surface area contributed by atoms with E-state index in [4.69, 9.17) is 11.6 Å². The number of nitrogens with zero attached hydrogens (tertiary/aromatic N) is 3. The highest BCUT2D eigenvalue weighted by Gasteiger charge is 2.16. The maximum Gasteiger partial charge on any atom is 0.261 e. The third-order valence-corrected chi connectivity index (χ3v) is 4.04. The van der Waals surface area contributed by atoms with Crippen LogP contribution in [-0.2, 0) is 0 Å². The molecule has 26 heavy (non-hydrogen) atoms. The first-order valence-corrected chi connectivity index (χ1v) is 8.87. The first kappa shape index (κ1) is 19.7. The average Bonchev–Trinajstić information content (AvgIpc) is 2.62. The largest absolute Gasteiger partial charge is 0.385 e. The molecule has 2 heterocycles. The molecule has 0 saturated heterocycles. The van der Waals surface area contributed by atoms with Crippen LogP contribution in [0.1, 0.15) is 25.1 Å².